The Morgan fingerprint density at radius 1 is 1.33 bits per heavy atom. The van der Waals surface area contributed by atoms with Crippen molar-refractivity contribution in [1.82, 2.24) is 4.90 Å². The number of aromatic hydroxyl groups is 1. The fourth-order valence-corrected chi connectivity index (χ4v) is 1.70. The van der Waals surface area contributed by atoms with Gasteiger partial charge in [-0.3, -0.25) is 9.69 Å². The van der Waals surface area contributed by atoms with Crippen LogP contribution in [-0.4, -0.2) is 41.9 Å². The lowest BCUT2D eigenvalue weighted by Crippen LogP contribution is -2.26. The molecule has 0 atom stereocenters. The molecule has 0 radical (unpaired) electrons. The van der Waals surface area contributed by atoms with E-state index >= 15 is 0 Å². The number of phenolic OH excluding ortho intramolecular Hbond substituents is 1. The molecule has 1 N–H and O–H groups in total. The molecule has 0 saturated carbocycles. The van der Waals surface area contributed by atoms with Gasteiger partial charge in [0, 0.05) is 13.1 Å². The summed E-state index contributed by atoms with van der Waals surface area (Å²) in [5.41, 5.74) is 0.999. The average molecular weight is 286 g/mol. The van der Waals surface area contributed by atoms with Gasteiger partial charge in [-0.1, -0.05) is 12.1 Å². The predicted octanol–water partition coefficient (Wildman–Crippen LogP) is 1.33. The highest BCUT2D eigenvalue weighted by molar-refractivity contribution is 6.18. The second kappa shape index (κ2) is 6.04. The Bertz CT molecular complexity index is 657. The highest BCUT2D eigenvalue weighted by Gasteiger charge is 2.25. The summed E-state index contributed by atoms with van der Waals surface area (Å²) in [5.74, 6) is -0.283. The van der Waals surface area contributed by atoms with Crippen LogP contribution < -0.4 is 0 Å². The van der Waals surface area contributed by atoms with Gasteiger partial charge in [-0.15, -0.1) is 0 Å². The Morgan fingerprint density at radius 3 is 2.62 bits per heavy atom. The van der Waals surface area contributed by atoms with E-state index in [4.69, 9.17) is 0 Å². The number of amides is 1. The van der Waals surface area contributed by atoms with Gasteiger partial charge in [0.1, 0.15) is 17.3 Å². The van der Waals surface area contributed by atoms with E-state index in [1.165, 1.54) is 36.3 Å². The van der Waals surface area contributed by atoms with Gasteiger partial charge in [0.15, 0.2) is 0 Å². The van der Waals surface area contributed by atoms with Gasteiger partial charge in [-0.2, -0.15) is 0 Å². The Kier molecular flexibility index (Phi) is 4.18. The largest absolute Gasteiger partial charge is 0.508 e. The smallest absolute Gasteiger partial charge is 0.330 e. The van der Waals surface area contributed by atoms with Gasteiger partial charge >= 0.3 is 5.97 Å². The summed E-state index contributed by atoms with van der Waals surface area (Å²) in [4.78, 5) is 28.6. The third-order valence-electron chi connectivity index (χ3n) is 2.87. The highest BCUT2D eigenvalue weighted by Crippen LogP contribution is 2.19. The van der Waals surface area contributed by atoms with Crippen LogP contribution in [0.4, 0.5) is 0 Å². The summed E-state index contributed by atoms with van der Waals surface area (Å²) in [5, 5.41) is 9.22. The predicted molar refractivity (Wildman–Crippen MR) is 77.4 cm³/mol. The van der Waals surface area contributed by atoms with E-state index in [9.17, 15) is 14.7 Å². The number of hydrogen-bond acceptors (Lipinski definition) is 5. The van der Waals surface area contributed by atoms with Crippen molar-refractivity contribution in [2.45, 2.75) is 0 Å². The molecule has 1 aliphatic heterocycles. The summed E-state index contributed by atoms with van der Waals surface area (Å²) >= 11 is 0. The van der Waals surface area contributed by atoms with Crippen LogP contribution in [-0.2, 0) is 14.3 Å². The quantitative estimate of drug-likeness (QED) is 0.671. The number of benzene rings is 1. The lowest BCUT2D eigenvalue weighted by Gasteiger charge is -2.07. The molecule has 0 unspecified atom stereocenters. The van der Waals surface area contributed by atoms with E-state index in [1.54, 1.807) is 25.3 Å². The zero-order valence-electron chi connectivity index (χ0n) is 11.6. The zero-order chi connectivity index (χ0) is 15.4. The van der Waals surface area contributed by atoms with Crippen LogP contribution in [0.25, 0.3) is 6.08 Å². The van der Waals surface area contributed by atoms with Crippen molar-refractivity contribution in [3.05, 3.63) is 47.7 Å². The van der Waals surface area contributed by atoms with E-state index in [2.05, 4.69) is 9.73 Å². The molecule has 0 fully saturated rings. The van der Waals surface area contributed by atoms with Crippen molar-refractivity contribution >= 4 is 23.8 Å². The number of amidine groups is 1. The highest BCUT2D eigenvalue weighted by atomic mass is 16.5. The first-order valence-electron chi connectivity index (χ1n) is 6.15. The van der Waals surface area contributed by atoms with E-state index in [1.807, 2.05) is 0 Å². The maximum Gasteiger partial charge on any atom is 0.330 e. The standard InChI is InChI=1S/C15H14N2O4/c1-17-13(7-8-14(19)21-2)16-12(15(17)20)9-10-3-5-11(18)6-4-10/h3-9,18H,1-2H3. The number of nitrogens with zero attached hydrogens (tertiary/aromatic N) is 2. The molecule has 1 amide bonds. The zero-order valence-corrected chi connectivity index (χ0v) is 11.6. The van der Waals surface area contributed by atoms with Gasteiger partial charge in [0.05, 0.1) is 7.11 Å². The number of ether oxygens (including phenoxy) is 1. The number of hydrogen-bond donors (Lipinski definition) is 1. The molecule has 1 aromatic rings. The molecular formula is C15H14N2O4. The van der Waals surface area contributed by atoms with Crippen molar-refractivity contribution in [2.24, 2.45) is 4.99 Å². The van der Waals surface area contributed by atoms with Crippen molar-refractivity contribution in [2.75, 3.05) is 14.2 Å². The molecule has 1 aliphatic rings. The van der Waals surface area contributed by atoms with E-state index in [-0.39, 0.29) is 17.4 Å². The van der Waals surface area contributed by atoms with E-state index in [0.29, 0.717) is 5.84 Å². The Labute approximate surface area is 121 Å². The molecule has 108 valence electrons. The molecule has 0 aromatic heterocycles. The molecule has 0 saturated heterocycles. The minimum Gasteiger partial charge on any atom is -0.508 e. The molecule has 0 bridgehead atoms. The summed E-state index contributed by atoms with van der Waals surface area (Å²) in [6.45, 7) is 0. The minimum absolute atomic E-state index is 0.150. The van der Waals surface area contributed by atoms with Crippen molar-refractivity contribution in [3.63, 3.8) is 0 Å². The molecule has 0 spiro atoms. The number of carbonyl (C=O) groups is 2. The SMILES string of the molecule is COC(=O)C=CC1=NC(=Cc2ccc(O)cc2)C(=O)N1C. The Morgan fingerprint density at radius 2 is 2.00 bits per heavy atom. The number of aliphatic imine (C=N–C) groups is 1. The van der Waals surface area contributed by atoms with Gasteiger partial charge in [0.2, 0.25) is 0 Å². The number of likely N-dealkylation sites (N-methyl/N-ethyl adjacent to an activating group) is 1. The monoisotopic (exact) mass is 286 g/mol. The van der Waals surface area contributed by atoms with Crippen LogP contribution in [0, 0.1) is 0 Å². The molecular weight excluding hydrogens is 272 g/mol. The van der Waals surface area contributed by atoms with Crippen LogP contribution in [0.5, 0.6) is 5.75 Å². The Hall–Kier alpha value is -2.89. The second-order valence-electron chi connectivity index (χ2n) is 4.31. The fraction of sp³-hybridized carbons (Fsp3) is 0.133. The van der Waals surface area contributed by atoms with Gasteiger partial charge in [-0.25, -0.2) is 9.79 Å². The third-order valence-corrected chi connectivity index (χ3v) is 2.87. The maximum absolute atomic E-state index is 12.0. The number of phenols is 1. The number of rotatable bonds is 3. The van der Waals surface area contributed by atoms with E-state index < -0.39 is 5.97 Å². The van der Waals surface area contributed by atoms with Crippen LogP contribution in [0.1, 0.15) is 5.56 Å². The second-order valence-corrected chi connectivity index (χ2v) is 4.31. The number of carbonyl (C=O) groups excluding carboxylic acids is 2. The molecule has 1 heterocycles. The average Bonchev–Trinajstić information content (AvgIpc) is 2.75. The summed E-state index contributed by atoms with van der Waals surface area (Å²) in [6, 6.07) is 6.40. The maximum atomic E-state index is 12.0. The van der Waals surface area contributed by atoms with Crippen LogP contribution in [0.2, 0.25) is 0 Å². The molecule has 6 nitrogen and oxygen atoms in total. The number of esters is 1. The van der Waals surface area contributed by atoms with Crippen LogP contribution >= 0.6 is 0 Å². The summed E-state index contributed by atoms with van der Waals surface area (Å²) in [7, 11) is 2.84. The van der Waals surface area contributed by atoms with Crippen molar-refractivity contribution in [3.8, 4) is 5.75 Å². The molecule has 1 aromatic carbocycles. The minimum atomic E-state index is -0.519. The van der Waals surface area contributed by atoms with Gasteiger partial charge in [-0.05, 0) is 29.8 Å². The first kappa shape index (κ1) is 14.5. The summed E-state index contributed by atoms with van der Waals surface area (Å²) in [6.07, 6.45) is 4.23. The first-order chi connectivity index (χ1) is 10.0. The summed E-state index contributed by atoms with van der Waals surface area (Å²) < 4.78 is 4.48. The molecule has 2 rings (SSSR count). The Balaban J connectivity index is 2.26. The lowest BCUT2D eigenvalue weighted by molar-refractivity contribution is -0.134. The number of methoxy groups -OCH3 is 1. The van der Waals surface area contributed by atoms with Crippen LogP contribution in [0.3, 0.4) is 0 Å². The molecule has 0 aliphatic carbocycles. The molecule has 21 heavy (non-hydrogen) atoms. The first-order valence-corrected chi connectivity index (χ1v) is 6.15. The topological polar surface area (TPSA) is 79.2 Å². The van der Waals surface area contributed by atoms with Gasteiger partial charge in [0.25, 0.3) is 5.91 Å². The third kappa shape index (κ3) is 3.36. The molecule has 6 heteroatoms. The lowest BCUT2D eigenvalue weighted by atomic mass is 10.2. The van der Waals surface area contributed by atoms with Crippen molar-refractivity contribution < 1.29 is 19.4 Å². The van der Waals surface area contributed by atoms with Gasteiger partial charge < -0.3 is 9.84 Å². The van der Waals surface area contributed by atoms with Crippen LogP contribution in [0.15, 0.2) is 47.1 Å². The van der Waals surface area contributed by atoms with Crippen molar-refractivity contribution in [1.29, 1.82) is 0 Å². The fourth-order valence-electron chi connectivity index (χ4n) is 1.70. The van der Waals surface area contributed by atoms with E-state index in [0.717, 1.165) is 5.56 Å². The normalized spacial score (nSPS) is 16.7.